The molecule has 2 N–H and O–H groups in total. The molecule has 3 rings (SSSR count). The summed E-state index contributed by atoms with van der Waals surface area (Å²) in [5.41, 5.74) is -0.997. The lowest BCUT2D eigenvalue weighted by atomic mass is 10.2. The molecule has 0 bridgehead atoms. The van der Waals surface area contributed by atoms with E-state index in [9.17, 15) is 14.4 Å². The normalized spacial score (nSPS) is 11.4. The molecular weight excluding hydrogens is 320 g/mol. The van der Waals surface area contributed by atoms with Crippen LogP contribution in [0.1, 0.15) is 11.3 Å². The van der Waals surface area contributed by atoms with Gasteiger partial charge in [-0.25, -0.2) is 9.78 Å². The molecule has 0 saturated heterocycles. The predicted octanol–water partition coefficient (Wildman–Crippen LogP) is 1.13. The van der Waals surface area contributed by atoms with Crippen LogP contribution in [-0.2, 0) is 7.05 Å². The van der Waals surface area contributed by atoms with Crippen molar-refractivity contribution >= 4 is 34.9 Å². The molecule has 0 unspecified atom stereocenters. The molecule has 0 saturated carbocycles. The maximum Gasteiger partial charge on any atom is 0.329 e. The van der Waals surface area contributed by atoms with Crippen LogP contribution in [0, 0.1) is 0 Å². The Labute approximate surface area is 133 Å². The highest BCUT2D eigenvalue weighted by Gasteiger charge is 2.09. The van der Waals surface area contributed by atoms with Crippen molar-refractivity contribution in [3.8, 4) is 0 Å². The van der Waals surface area contributed by atoms with E-state index in [-0.39, 0.29) is 16.9 Å². The van der Waals surface area contributed by atoms with E-state index in [1.165, 1.54) is 13.1 Å². The first kappa shape index (κ1) is 15.0. The predicted molar refractivity (Wildman–Crippen MR) is 88.6 cm³/mol. The van der Waals surface area contributed by atoms with E-state index < -0.39 is 16.8 Å². The molecule has 0 radical (unpaired) electrons. The summed E-state index contributed by atoms with van der Waals surface area (Å²) in [6, 6.07) is 7.11. The maximum atomic E-state index is 12.1. The number of nitrogens with zero attached hydrogens (tertiary/aromatic N) is 2. The maximum absolute atomic E-state index is 12.1. The van der Waals surface area contributed by atoms with Gasteiger partial charge >= 0.3 is 5.69 Å². The van der Waals surface area contributed by atoms with Crippen LogP contribution in [0.4, 0.5) is 0 Å². The van der Waals surface area contributed by atoms with E-state index in [1.54, 1.807) is 24.3 Å². The fourth-order valence-electron chi connectivity index (χ4n) is 2.09. The third kappa shape index (κ3) is 2.74. The van der Waals surface area contributed by atoms with Gasteiger partial charge in [-0.15, -0.1) is 0 Å². The summed E-state index contributed by atoms with van der Waals surface area (Å²) >= 11 is 6.04. The summed E-state index contributed by atoms with van der Waals surface area (Å²) in [7, 11) is 1.43. The highest BCUT2D eigenvalue weighted by molar-refractivity contribution is 6.32. The van der Waals surface area contributed by atoms with Crippen molar-refractivity contribution in [3.63, 3.8) is 0 Å². The molecule has 0 aliphatic carbocycles. The highest BCUT2D eigenvalue weighted by Crippen LogP contribution is 2.17. The Morgan fingerprint density at radius 3 is 2.57 bits per heavy atom. The zero-order valence-electron chi connectivity index (χ0n) is 12.0. The van der Waals surface area contributed by atoms with E-state index in [0.29, 0.717) is 10.6 Å². The molecule has 116 valence electrons. The van der Waals surface area contributed by atoms with Crippen molar-refractivity contribution in [2.75, 3.05) is 0 Å². The Hall–Kier alpha value is -2.93. The van der Waals surface area contributed by atoms with Gasteiger partial charge in [0.05, 0.1) is 0 Å². The Balaban J connectivity index is 2.18. The second-order valence-corrected chi connectivity index (χ2v) is 5.23. The quantitative estimate of drug-likeness (QED) is 0.735. The minimum Gasteiger partial charge on any atom is -0.305 e. The molecule has 23 heavy (non-hydrogen) atoms. The topological polar surface area (TPSA) is 101 Å². The summed E-state index contributed by atoms with van der Waals surface area (Å²) in [4.78, 5) is 44.1. The lowest BCUT2D eigenvalue weighted by molar-refractivity contribution is 0.820. The van der Waals surface area contributed by atoms with E-state index in [2.05, 4.69) is 15.0 Å². The third-order valence-electron chi connectivity index (χ3n) is 3.32. The number of hydrogen-bond acceptors (Lipinski definition) is 4. The zero-order chi connectivity index (χ0) is 16.6. The molecule has 0 fully saturated rings. The van der Waals surface area contributed by atoms with E-state index in [4.69, 9.17) is 11.6 Å². The molecule has 0 spiro atoms. The number of benzene rings is 1. The van der Waals surface area contributed by atoms with Crippen LogP contribution < -0.4 is 16.8 Å². The number of halogens is 1. The number of aromatic amines is 2. The number of aryl methyl sites for hydroxylation is 1. The van der Waals surface area contributed by atoms with Crippen LogP contribution in [0.2, 0.25) is 5.02 Å². The van der Waals surface area contributed by atoms with E-state index >= 15 is 0 Å². The van der Waals surface area contributed by atoms with Crippen LogP contribution in [0.15, 0.2) is 38.6 Å². The average molecular weight is 331 g/mol. The Morgan fingerprint density at radius 2 is 1.83 bits per heavy atom. The van der Waals surface area contributed by atoms with Gasteiger partial charge in [0.25, 0.3) is 11.1 Å². The number of nitrogens with one attached hydrogen (secondary N) is 2. The van der Waals surface area contributed by atoms with Crippen LogP contribution in [0.5, 0.6) is 0 Å². The molecule has 0 aliphatic heterocycles. The minimum absolute atomic E-state index is 0.0227. The molecule has 2 aromatic heterocycles. The van der Waals surface area contributed by atoms with Crippen molar-refractivity contribution in [1.29, 1.82) is 0 Å². The monoisotopic (exact) mass is 330 g/mol. The Bertz CT molecular complexity index is 1110. The summed E-state index contributed by atoms with van der Waals surface area (Å²) < 4.78 is 1.12. The smallest absolute Gasteiger partial charge is 0.305 e. The summed E-state index contributed by atoms with van der Waals surface area (Å²) in [5.74, 6) is 0. The van der Waals surface area contributed by atoms with Crippen molar-refractivity contribution in [3.05, 3.63) is 71.7 Å². The molecule has 0 atom stereocenters. The fourth-order valence-corrected chi connectivity index (χ4v) is 2.29. The van der Waals surface area contributed by atoms with Crippen LogP contribution in [0.3, 0.4) is 0 Å². The number of rotatable bonds is 2. The molecule has 8 heteroatoms. The van der Waals surface area contributed by atoms with E-state index in [1.807, 2.05) is 6.07 Å². The Morgan fingerprint density at radius 1 is 1.09 bits per heavy atom. The summed E-state index contributed by atoms with van der Waals surface area (Å²) in [5, 5.41) is 0.529. The Kier molecular flexibility index (Phi) is 3.71. The van der Waals surface area contributed by atoms with Crippen LogP contribution in [0.25, 0.3) is 23.3 Å². The number of fused-ring (bicyclic) bond motifs is 1. The lowest BCUT2D eigenvalue weighted by Gasteiger charge is -2.03. The summed E-state index contributed by atoms with van der Waals surface area (Å²) in [6.07, 6.45) is 3.09. The van der Waals surface area contributed by atoms with Gasteiger partial charge in [-0.05, 0) is 17.7 Å². The zero-order valence-corrected chi connectivity index (χ0v) is 12.7. The SMILES string of the molecule is Cn1c(=O)[nH]c(=O)c2nc(C=Cc3ccccc3Cl)c(=O)[nH]c21. The lowest BCUT2D eigenvalue weighted by Crippen LogP contribution is -2.31. The first-order valence-electron chi connectivity index (χ1n) is 6.63. The van der Waals surface area contributed by atoms with Gasteiger partial charge in [0.1, 0.15) is 11.3 Å². The molecule has 0 amide bonds. The first-order valence-corrected chi connectivity index (χ1v) is 7.01. The minimum atomic E-state index is -0.660. The highest BCUT2D eigenvalue weighted by atomic mass is 35.5. The van der Waals surface area contributed by atoms with Gasteiger partial charge in [0.2, 0.25) is 0 Å². The van der Waals surface area contributed by atoms with Gasteiger partial charge in [-0.1, -0.05) is 35.9 Å². The van der Waals surface area contributed by atoms with Crippen LogP contribution >= 0.6 is 11.6 Å². The van der Waals surface area contributed by atoms with Gasteiger partial charge in [-0.2, -0.15) is 0 Å². The molecule has 3 aromatic rings. The molecule has 2 heterocycles. The van der Waals surface area contributed by atoms with Crippen molar-refractivity contribution in [2.45, 2.75) is 0 Å². The fraction of sp³-hybridized carbons (Fsp3) is 0.0667. The van der Waals surface area contributed by atoms with Gasteiger partial charge in [0, 0.05) is 12.1 Å². The van der Waals surface area contributed by atoms with Crippen LogP contribution in [-0.4, -0.2) is 19.5 Å². The molecular formula is C15H11ClN4O3. The second-order valence-electron chi connectivity index (χ2n) is 4.82. The number of aromatic nitrogens is 4. The van der Waals surface area contributed by atoms with Crippen molar-refractivity contribution in [1.82, 2.24) is 19.5 Å². The van der Waals surface area contributed by atoms with Gasteiger partial charge in [-0.3, -0.25) is 19.1 Å². The van der Waals surface area contributed by atoms with Crippen molar-refractivity contribution in [2.24, 2.45) is 7.05 Å². The van der Waals surface area contributed by atoms with E-state index in [0.717, 1.165) is 4.57 Å². The number of H-pyrrole nitrogens is 2. The largest absolute Gasteiger partial charge is 0.329 e. The van der Waals surface area contributed by atoms with Crippen molar-refractivity contribution < 1.29 is 0 Å². The average Bonchev–Trinajstić information content (AvgIpc) is 2.52. The standard InChI is InChI=1S/C15H11ClN4O3/c1-20-12-11(14(22)19-15(20)23)17-10(13(21)18-12)7-6-8-4-2-3-5-9(8)16/h2-7H,1H3,(H,18,21)(H,19,22,23). The molecule has 0 aliphatic rings. The van der Waals surface area contributed by atoms with Gasteiger partial charge < -0.3 is 4.98 Å². The summed E-state index contributed by atoms with van der Waals surface area (Å²) in [6.45, 7) is 0. The third-order valence-corrected chi connectivity index (χ3v) is 3.67. The van der Waals surface area contributed by atoms with Gasteiger partial charge in [0.15, 0.2) is 5.52 Å². The molecule has 1 aromatic carbocycles. The first-order chi connectivity index (χ1) is 11.0. The second kappa shape index (κ2) is 5.69. The number of hydrogen-bond donors (Lipinski definition) is 2. The molecule has 7 nitrogen and oxygen atoms in total.